The van der Waals surface area contributed by atoms with Crippen LogP contribution in [-0.4, -0.2) is 24.4 Å². The number of hydrogen-bond acceptors (Lipinski definition) is 5. The van der Waals surface area contributed by atoms with Gasteiger partial charge in [-0.25, -0.2) is 0 Å². The predicted octanol–water partition coefficient (Wildman–Crippen LogP) is 2.56. The van der Waals surface area contributed by atoms with E-state index in [2.05, 4.69) is 0 Å². The summed E-state index contributed by atoms with van der Waals surface area (Å²) in [6.07, 6.45) is -0.809. The maximum atomic E-state index is 9.92. The Morgan fingerprint density at radius 3 is 2.22 bits per heavy atom. The van der Waals surface area contributed by atoms with Crippen LogP contribution in [0.2, 0.25) is 0 Å². The van der Waals surface area contributed by atoms with Gasteiger partial charge in [0.05, 0.1) is 23.3 Å². The highest BCUT2D eigenvalue weighted by molar-refractivity contribution is 5.41. The lowest BCUT2D eigenvalue weighted by molar-refractivity contribution is 0.0624. The van der Waals surface area contributed by atoms with Gasteiger partial charge < -0.3 is 14.6 Å². The van der Waals surface area contributed by atoms with E-state index >= 15 is 0 Å². The van der Waals surface area contributed by atoms with E-state index in [0.29, 0.717) is 22.6 Å². The molecule has 0 bridgehead atoms. The number of nitrogens with zero attached hydrogens (tertiary/aromatic N) is 2. The highest BCUT2D eigenvalue weighted by atomic mass is 16.5. The van der Waals surface area contributed by atoms with Crippen molar-refractivity contribution in [2.24, 2.45) is 0 Å². The molecule has 0 aliphatic heterocycles. The second-order valence-electron chi connectivity index (χ2n) is 5.00. The summed E-state index contributed by atoms with van der Waals surface area (Å²) in [4.78, 5) is 0. The van der Waals surface area contributed by atoms with Gasteiger partial charge in [-0.3, -0.25) is 0 Å². The van der Waals surface area contributed by atoms with Gasteiger partial charge in [-0.2, -0.15) is 10.5 Å². The minimum absolute atomic E-state index is 0.0615. The van der Waals surface area contributed by atoms with E-state index in [-0.39, 0.29) is 13.2 Å². The monoisotopic (exact) mass is 308 g/mol. The summed E-state index contributed by atoms with van der Waals surface area (Å²) in [6.45, 7) is 2.00. The number of rotatable bonds is 6. The number of ether oxygens (including phenoxy) is 2. The molecule has 0 radical (unpaired) electrons. The summed E-state index contributed by atoms with van der Waals surface area (Å²) in [7, 11) is 0. The van der Waals surface area contributed by atoms with Crippen molar-refractivity contribution in [3.8, 4) is 23.6 Å². The minimum Gasteiger partial charge on any atom is -0.491 e. The molecule has 5 nitrogen and oxygen atoms in total. The lowest BCUT2D eigenvalue weighted by atomic mass is 10.1. The van der Waals surface area contributed by atoms with E-state index in [4.69, 9.17) is 20.0 Å². The Kier molecular flexibility index (Phi) is 5.57. The molecule has 2 rings (SSSR count). The first-order valence-corrected chi connectivity index (χ1v) is 7.07. The van der Waals surface area contributed by atoms with Crippen LogP contribution >= 0.6 is 0 Å². The van der Waals surface area contributed by atoms with Crippen molar-refractivity contribution >= 4 is 0 Å². The van der Waals surface area contributed by atoms with Crippen LogP contribution < -0.4 is 9.47 Å². The largest absolute Gasteiger partial charge is 0.491 e. The van der Waals surface area contributed by atoms with Crippen LogP contribution in [0.3, 0.4) is 0 Å². The number of nitriles is 2. The molecule has 0 amide bonds. The lowest BCUT2D eigenvalue weighted by Gasteiger charge is -2.15. The molecule has 0 fully saturated rings. The molecule has 1 N–H and O–H groups in total. The van der Waals surface area contributed by atoms with Crippen molar-refractivity contribution in [1.29, 1.82) is 10.5 Å². The molecule has 2 aromatic rings. The molecule has 0 aliphatic carbocycles. The maximum absolute atomic E-state index is 9.92. The Bertz CT molecular complexity index is 742. The van der Waals surface area contributed by atoms with E-state index in [9.17, 15) is 5.11 Å². The third-order valence-electron chi connectivity index (χ3n) is 3.17. The van der Waals surface area contributed by atoms with E-state index in [1.807, 2.05) is 19.1 Å². The Morgan fingerprint density at radius 1 is 0.957 bits per heavy atom. The highest BCUT2D eigenvalue weighted by Crippen LogP contribution is 2.19. The first-order valence-electron chi connectivity index (χ1n) is 7.07. The molecule has 1 unspecified atom stereocenters. The first kappa shape index (κ1) is 16.4. The van der Waals surface area contributed by atoms with Crippen molar-refractivity contribution in [3.05, 3.63) is 59.2 Å². The molecular formula is C18H16N2O3. The van der Waals surface area contributed by atoms with Crippen LogP contribution in [0, 0.1) is 29.6 Å². The minimum atomic E-state index is -0.809. The number of aliphatic hydroxyl groups excluding tert-OH is 1. The van der Waals surface area contributed by atoms with Crippen LogP contribution in [-0.2, 0) is 0 Å². The number of aliphatic hydroxyl groups is 1. The van der Waals surface area contributed by atoms with E-state index in [1.54, 1.807) is 42.5 Å². The third kappa shape index (κ3) is 4.74. The summed E-state index contributed by atoms with van der Waals surface area (Å²) >= 11 is 0. The zero-order chi connectivity index (χ0) is 16.7. The third-order valence-corrected chi connectivity index (χ3v) is 3.17. The Balaban J connectivity index is 1.84. The summed E-state index contributed by atoms with van der Waals surface area (Å²) < 4.78 is 11.0. The molecule has 2 aromatic carbocycles. The van der Waals surface area contributed by atoms with E-state index < -0.39 is 6.10 Å². The van der Waals surface area contributed by atoms with Crippen molar-refractivity contribution in [3.63, 3.8) is 0 Å². The zero-order valence-corrected chi connectivity index (χ0v) is 12.7. The summed E-state index contributed by atoms with van der Waals surface area (Å²) in [6, 6.07) is 15.9. The fraction of sp³-hybridized carbons (Fsp3) is 0.222. The average Bonchev–Trinajstić information content (AvgIpc) is 2.59. The highest BCUT2D eigenvalue weighted by Gasteiger charge is 2.09. The van der Waals surface area contributed by atoms with E-state index in [0.717, 1.165) is 5.56 Å². The first-order chi connectivity index (χ1) is 11.1. The van der Waals surface area contributed by atoms with Crippen molar-refractivity contribution < 1.29 is 14.6 Å². The number of aryl methyl sites for hydroxylation is 1. The second kappa shape index (κ2) is 7.84. The molecule has 5 heteroatoms. The van der Waals surface area contributed by atoms with Gasteiger partial charge >= 0.3 is 0 Å². The second-order valence-corrected chi connectivity index (χ2v) is 5.00. The fourth-order valence-electron chi connectivity index (χ4n) is 1.88. The van der Waals surface area contributed by atoms with Crippen LogP contribution in [0.5, 0.6) is 11.5 Å². The number of hydrogen-bond donors (Lipinski definition) is 1. The van der Waals surface area contributed by atoms with Gasteiger partial charge in [-0.1, -0.05) is 6.07 Å². The normalized spacial score (nSPS) is 11.1. The van der Waals surface area contributed by atoms with Crippen molar-refractivity contribution in [2.75, 3.05) is 13.2 Å². The predicted molar refractivity (Wildman–Crippen MR) is 84.0 cm³/mol. The van der Waals surface area contributed by atoms with Crippen LogP contribution in [0.25, 0.3) is 0 Å². The quantitative estimate of drug-likeness (QED) is 0.886. The molecule has 1 atom stereocenters. The average molecular weight is 308 g/mol. The summed E-state index contributed by atoms with van der Waals surface area (Å²) in [5, 5.41) is 27.5. The lowest BCUT2D eigenvalue weighted by Crippen LogP contribution is -2.25. The molecule has 0 heterocycles. The van der Waals surface area contributed by atoms with Crippen molar-refractivity contribution in [2.45, 2.75) is 13.0 Å². The SMILES string of the molecule is Cc1ccc(C#N)cc1OCC(O)COc1ccc(C#N)cc1. The Morgan fingerprint density at radius 2 is 1.57 bits per heavy atom. The molecule has 0 aliphatic rings. The molecular weight excluding hydrogens is 292 g/mol. The van der Waals surface area contributed by atoms with Gasteiger partial charge in [0, 0.05) is 0 Å². The molecule has 0 saturated heterocycles. The zero-order valence-electron chi connectivity index (χ0n) is 12.7. The Hall–Kier alpha value is -3.02. The molecule has 0 spiro atoms. The van der Waals surface area contributed by atoms with Crippen LogP contribution in [0.4, 0.5) is 0 Å². The molecule has 116 valence electrons. The van der Waals surface area contributed by atoms with Gasteiger partial charge in [0.15, 0.2) is 0 Å². The summed E-state index contributed by atoms with van der Waals surface area (Å²) in [5.74, 6) is 1.15. The van der Waals surface area contributed by atoms with E-state index in [1.165, 1.54) is 0 Å². The molecule has 23 heavy (non-hydrogen) atoms. The fourth-order valence-corrected chi connectivity index (χ4v) is 1.88. The number of benzene rings is 2. The van der Waals surface area contributed by atoms with Gasteiger partial charge in [-0.15, -0.1) is 0 Å². The van der Waals surface area contributed by atoms with Gasteiger partial charge in [-0.05, 0) is 48.9 Å². The maximum Gasteiger partial charge on any atom is 0.123 e. The smallest absolute Gasteiger partial charge is 0.123 e. The van der Waals surface area contributed by atoms with Crippen LogP contribution in [0.15, 0.2) is 42.5 Å². The topological polar surface area (TPSA) is 86.3 Å². The summed E-state index contributed by atoms with van der Waals surface area (Å²) in [5.41, 5.74) is 1.95. The van der Waals surface area contributed by atoms with Crippen LogP contribution in [0.1, 0.15) is 16.7 Å². The van der Waals surface area contributed by atoms with Gasteiger partial charge in [0.25, 0.3) is 0 Å². The van der Waals surface area contributed by atoms with Crippen molar-refractivity contribution in [1.82, 2.24) is 0 Å². The molecule has 0 aromatic heterocycles. The Labute approximate surface area is 134 Å². The molecule has 0 saturated carbocycles. The van der Waals surface area contributed by atoms with Gasteiger partial charge in [0.2, 0.25) is 0 Å². The van der Waals surface area contributed by atoms with Gasteiger partial charge in [0.1, 0.15) is 30.8 Å². The standard InChI is InChI=1S/C18H16N2O3/c1-13-2-3-15(10-20)8-18(13)23-12-16(21)11-22-17-6-4-14(9-19)5-7-17/h2-8,16,21H,11-12H2,1H3.